The van der Waals surface area contributed by atoms with Gasteiger partial charge < -0.3 is 5.32 Å². The molecular weight excluding hydrogens is 388 g/mol. The summed E-state index contributed by atoms with van der Waals surface area (Å²) < 4.78 is 25.9. The maximum atomic E-state index is 12.8. The van der Waals surface area contributed by atoms with Crippen molar-refractivity contribution in [2.24, 2.45) is 0 Å². The number of Topliss-reactive ketones (excluding diaryl/α,β-unsaturated/α-hetero) is 1. The summed E-state index contributed by atoms with van der Waals surface area (Å²) in [6, 6.07) is 11.8. The van der Waals surface area contributed by atoms with E-state index in [0.29, 0.717) is 22.0 Å². The molecule has 0 unspecified atom stereocenters. The van der Waals surface area contributed by atoms with Crippen molar-refractivity contribution in [3.63, 3.8) is 0 Å². The van der Waals surface area contributed by atoms with Gasteiger partial charge in [-0.05, 0) is 43.7 Å². The van der Waals surface area contributed by atoms with Gasteiger partial charge in [0, 0.05) is 16.3 Å². The fourth-order valence-corrected chi connectivity index (χ4v) is 4.10. The first-order valence-corrected chi connectivity index (χ1v) is 10.5. The molecule has 0 aromatic heterocycles. The number of amides is 1. The Labute approximate surface area is 164 Å². The van der Waals surface area contributed by atoms with E-state index in [-0.39, 0.29) is 12.2 Å². The molecule has 0 fully saturated rings. The average molecular weight is 409 g/mol. The summed E-state index contributed by atoms with van der Waals surface area (Å²) in [7, 11) is -3.75. The van der Waals surface area contributed by atoms with Crippen molar-refractivity contribution in [1.29, 1.82) is 0 Å². The number of carbonyl (C=O) groups is 2. The van der Waals surface area contributed by atoms with Crippen LogP contribution in [0.1, 0.15) is 30.6 Å². The second kappa shape index (κ2) is 8.54. The van der Waals surface area contributed by atoms with Gasteiger partial charge in [-0.2, -0.15) is 0 Å². The molecule has 1 amide bonds. The molecule has 6 nitrogen and oxygen atoms in total. The van der Waals surface area contributed by atoms with E-state index < -0.39 is 22.0 Å². The largest absolute Gasteiger partial charge is 0.324 e. The zero-order valence-electron chi connectivity index (χ0n) is 15.3. The Bertz CT molecular complexity index is 960. The van der Waals surface area contributed by atoms with Crippen LogP contribution >= 0.6 is 11.6 Å². The predicted molar refractivity (Wildman–Crippen MR) is 108 cm³/mol. The van der Waals surface area contributed by atoms with E-state index in [1.807, 2.05) is 0 Å². The first-order chi connectivity index (χ1) is 12.6. The second-order valence-electron chi connectivity index (χ2n) is 6.09. The van der Waals surface area contributed by atoms with Crippen LogP contribution in [0.2, 0.25) is 5.02 Å². The number of hydrogen-bond donors (Lipinski definition) is 1. The third-order valence-corrected chi connectivity index (χ3v) is 5.34. The molecule has 2 aromatic rings. The molecule has 27 heavy (non-hydrogen) atoms. The summed E-state index contributed by atoms with van der Waals surface area (Å²) >= 11 is 5.99. The minimum atomic E-state index is -3.75. The summed E-state index contributed by atoms with van der Waals surface area (Å²) in [4.78, 5) is 24.4. The lowest BCUT2D eigenvalue weighted by Gasteiger charge is -2.30. The topological polar surface area (TPSA) is 83.6 Å². The molecule has 2 aromatic carbocycles. The number of carbonyl (C=O) groups excluding carboxylic acids is 2. The molecule has 144 valence electrons. The molecule has 0 aliphatic rings. The van der Waals surface area contributed by atoms with E-state index in [1.54, 1.807) is 49.4 Å². The normalized spacial score (nSPS) is 12.3. The van der Waals surface area contributed by atoms with E-state index in [4.69, 9.17) is 11.6 Å². The van der Waals surface area contributed by atoms with Crippen molar-refractivity contribution in [3.8, 4) is 0 Å². The number of hydrogen-bond acceptors (Lipinski definition) is 4. The SMILES string of the molecule is CC[C@H](C(=O)Nc1cccc(C(C)=O)c1)N(c1cccc(Cl)c1)S(C)(=O)=O. The summed E-state index contributed by atoms with van der Waals surface area (Å²) in [5, 5.41) is 3.06. The Balaban J connectivity index is 2.38. The maximum Gasteiger partial charge on any atom is 0.248 e. The summed E-state index contributed by atoms with van der Waals surface area (Å²) in [6.45, 7) is 3.15. The monoisotopic (exact) mass is 408 g/mol. The number of nitrogens with zero attached hydrogens (tertiary/aromatic N) is 1. The molecule has 0 radical (unpaired) electrons. The highest BCUT2D eigenvalue weighted by Crippen LogP contribution is 2.26. The summed E-state index contributed by atoms with van der Waals surface area (Å²) in [6.07, 6.45) is 1.29. The molecule has 0 spiro atoms. The molecule has 0 aliphatic carbocycles. The van der Waals surface area contributed by atoms with E-state index in [1.165, 1.54) is 13.0 Å². The van der Waals surface area contributed by atoms with Crippen molar-refractivity contribution in [2.75, 3.05) is 15.9 Å². The number of ketones is 1. The third kappa shape index (κ3) is 5.30. The molecule has 8 heteroatoms. The van der Waals surface area contributed by atoms with Crippen LogP contribution in [0.15, 0.2) is 48.5 Å². The maximum absolute atomic E-state index is 12.8. The van der Waals surface area contributed by atoms with E-state index >= 15 is 0 Å². The second-order valence-corrected chi connectivity index (χ2v) is 8.38. The van der Waals surface area contributed by atoms with Crippen molar-refractivity contribution in [3.05, 3.63) is 59.1 Å². The molecule has 0 heterocycles. The first-order valence-electron chi connectivity index (χ1n) is 8.30. The minimum Gasteiger partial charge on any atom is -0.324 e. The Morgan fingerprint density at radius 3 is 2.37 bits per heavy atom. The minimum absolute atomic E-state index is 0.130. The van der Waals surface area contributed by atoms with Crippen LogP contribution in [0.3, 0.4) is 0 Å². The van der Waals surface area contributed by atoms with Gasteiger partial charge >= 0.3 is 0 Å². The molecule has 0 saturated carbocycles. The van der Waals surface area contributed by atoms with Crippen LogP contribution < -0.4 is 9.62 Å². The first kappa shape index (κ1) is 20.9. The number of rotatable bonds is 7. The third-order valence-electron chi connectivity index (χ3n) is 3.93. The van der Waals surface area contributed by atoms with E-state index in [2.05, 4.69) is 5.32 Å². The summed E-state index contributed by atoms with van der Waals surface area (Å²) in [5.74, 6) is -0.626. The van der Waals surface area contributed by atoms with Gasteiger partial charge in [-0.1, -0.05) is 36.7 Å². The Morgan fingerprint density at radius 1 is 1.15 bits per heavy atom. The number of anilines is 2. The average Bonchev–Trinajstić information content (AvgIpc) is 2.58. The molecule has 1 atom stereocenters. The molecule has 0 bridgehead atoms. The smallest absolute Gasteiger partial charge is 0.248 e. The molecule has 0 saturated heterocycles. The fourth-order valence-electron chi connectivity index (χ4n) is 2.71. The number of sulfonamides is 1. The Kier molecular flexibility index (Phi) is 6.62. The predicted octanol–water partition coefficient (Wildman–Crippen LogP) is 3.73. The quantitative estimate of drug-likeness (QED) is 0.707. The molecule has 2 rings (SSSR count). The molecule has 0 aliphatic heterocycles. The van der Waals surface area contributed by atoms with Gasteiger partial charge in [0.2, 0.25) is 15.9 Å². The van der Waals surface area contributed by atoms with Crippen molar-refractivity contribution in [1.82, 2.24) is 0 Å². The Morgan fingerprint density at radius 2 is 1.81 bits per heavy atom. The highest BCUT2D eigenvalue weighted by molar-refractivity contribution is 7.92. The van der Waals surface area contributed by atoms with Crippen LogP contribution in [0.4, 0.5) is 11.4 Å². The lowest BCUT2D eigenvalue weighted by Crippen LogP contribution is -2.47. The van der Waals surface area contributed by atoms with Gasteiger partial charge in [0.15, 0.2) is 5.78 Å². The summed E-state index contributed by atoms with van der Waals surface area (Å²) in [5.41, 5.74) is 1.19. The van der Waals surface area contributed by atoms with E-state index in [9.17, 15) is 18.0 Å². The number of nitrogens with one attached hydrogen (secondary N) is 1. The highest BCUT2D eigenvalue weighted by Gasteiger charge is 2.31. The zero-order chi connectivity index (χ0) is 20.2. The van der Waals surface area contributed by atoms with Gasteiger partial charge in [-0.15, -0.1) is 0 Å². The van der Waals surface area contributed by atoms with E-state index in [0.717, 1.165) is 10.6 Å². The Hall–Kier alpha value is -2.38. The van der Waals surface area contributed by atoms with Gasteiger partial charge in [-0.3, -0.25) is 13.9 Å². The van der Waals surface area contributed by atoms with Gasteiger partial charge in [0.1, 0.15) is 6.04 Å². The van der Waals surface area contributed by atoms with Crippen LogP contribution in [0.25, 0.3) is 0 Å². The van der Waals surface area contributed by atoms with Gasteiger partial charge in [-0.25, -0.2) is 8.42 Å². The molecule has 1 N–H and O–H groups in total. The van der Waals surface area contributed by atoms with Crippen LogP contribution in [-0.2, 0) is 14.8 Å². The lowest BCUT2D eigenvalue weighted by atomic mass is 10.1. The highest BCUT2D eigenvalue weighted by atomic mass is 35.5. The van der Waals surface area contributed by atoms with Gasteiger partial charge in [0.05, 0.1) is 11.9 Å². The van der Waals surface area contributed by atoms with Crippen LogP contribution in [0.5, 0.6) is 0 Å². The van der Waals surface area contributed by atoms with Crippen LogP contribution in [-0.4, -0.2) is 32.4 Å². The fraction of sp³-hybridized carbons (Fsp3) is 0.263. The van der Waals surface area contributed by atoms with Crippen molar-refractivity contribution in [2.45, 2.75) is 26.3 Å². The van der Waals surface area contributed by atoms with Crippen molar-refractivity contribution < 1.29 is 18.0 Å². The van der Waals surface area contributed by atoms with Crippen molar-refractivity contribution >= 4 is 44.7 Å². The van der Waals surface area contributed by atoms with Crippen LogP contribution in [0, 0.1) is 0 Å². The van der Waals surface area contributed by atoms with Gasteiger partial charge in [0.25, 0.3) is 0 Å². The molecular formula is C19H21ClN2O4S. The number of benzene rings is 2. The zero-order valence-corrected chi connectivity index (χ0v) is 16.8. The standard InChI is InChI=1S/C19H21ClN2O4S/c1-4-18(19(24)21-16-9-5-7-14(11-16)13(2)23)22(27(3,25)26)17-10-6-8-15(20)12-17/h5-12,18H,4H2,1-3H3,(H,21,24)/t18-/m1/s1. The lowest BCUT2D eigenvalue weighted by molar-refractivity contribution is -0.117. The number of halogens is 1.